The summed E-state index contributed by atoms with van der Waals surface area (Å²) in [4.78, 5) is 0. The molecule has 2 heterocycles. The maximum atomic E-state index is 2.49. The van der Waals surface area contributed by atoms with Gasteiger partial charge in [-0.05, 0) is 47.5 Å². The average Bonchev–Trinajstić information content (AvgIpc) is 3.52. The third-order valence-corrected chi connectivity index (χ3v) is 7.70. The lowest BCUT2D eigenvalue weighted by Gasteiger charge is -2.20. The molecule has 0 aliphatic carbocycles. The zero-order chi connectivity index (χ0) is 25.1. The summed E-state index contributed by atoms with van der Waals surface area (Å²) < 4.78 is 4.89. The molecule has 0 amide bonds. The van der Waals surface area contributed by atoms with Gasteiger partial charge in [0.2, 0.25) is 0 Å². The van der Waals surface area contributed by atoms with Crippen LogP contribution in [0.1, 0.15) is 0 Å². The molecule has 0 aliphatic rings. The van der Waals surface area contributed by atoms with Crippen molar-refractivity contribution in [2.75, 3.05) is 0 Å². The van der Waals surface area contributed by atoms with Gasteiger partial charge in [0.15, 0.2) is 0 Å². The molecule has 6 aromatic carbocycles. The Hall–Kier alpha value is -5.08. The van der Waals surface area contributed by atoms with Gasteiger partial charge in [-0.3, -0.25) is 0 Å². The summed E-state index contributed by atoms with van der Waals surface area (Å²) in [6, 6.07) is 52.3. The molecule has 2 heteroatoms. The molecule has 0 spiro atoms. The minimum atomic E-state index is 1.19. The highest BCUT2D eigenvalue weighted by Crippen LogP contribution is 2.45. The third kappa shape index (κ3) is 2.95. The molecule has 0 saturated carbocycles. The lowest BCUT2D eigenvalue weighted by atomic mass is 9.95. The quantitative estimate of drug-likeness (QED) is 0.235. The first-order chi connectivity index (χ1) is 18.9. The van der Waals surface area contributed by atoms with Crippen molar-refractivity contribution in [2.24, 2.45) is 0 Å². The van der Waals surface area contributed by atoms with Crippen LogP contribution in [0.4, 0.5) is 0 Å². The molecular weight excluding hydrogens is 460 g/mol. The zero-order valence-electron chi connectivity index (χ0n) is 20.8. The van der Waals surface area contributed by atoms with Crippen molar-refractivity contribution in [1.82, 2.24) is 9.13 Å². The van der Waals surface area contributed by atoms with E-state index >= 15 is 0 Å². The Labute approximate surface area is 221 Å². The number of benzene rings is 6. The van der Waals surface area contributed by atoms with Gasteiger partial charge < -0.3 is 9.13 Å². The maximum absolute atomic E-state index is 2.49. The highest BCUT2D eigenvalue weighted by molar-refractivity contribution is 6.25. The molecule has 178 valence electrons. The van der Waals surface area contributed by atoms with Gasteiger partial charge in [0.1, 0.15) is 0 Å². The second kappa shape index (κ2) is 8.22. The molecule has 0 fully saturated rings. The Morgan fingerprint density at radius 2 is 0.711 bits per heavy atom. The van der Waals surface area contributed by atoms with Crippen LogP contribution >= 0.6 is 0 Å². The van der Waals surface area contributed by atoms with Crippen molar-refractivity contribution >= 4 is 32.8 Å². The first kappa shape index (κ1) is 21.0. The average molecular weight is 485 g/mol. The van der Waals surface area contributed by atoms with Crippen molar-refractivity contribution in [3.05, 3.63) is 146 Å². The summed E-state index contributed by atoms with van der Waals surface area (Å²) in [6.07, 6.45) is 0. The van der Waals surface area contributed by atoms with Crippen molar-refractivity contribution in [2.45, 2.75) is 0 Å². The van der Waals surface area contributed by atoms with Crippen LogP contribution in [0.15, 0.2) is 146 Å². The number of hydrogen-bond donors (Lipinski definition) is 0. The first-order valence-corrected chi connectivity index (χ1v) is 13.1. The Kier molecular flexibility index (Phi) is 4.55. The van der Waals surface area contributed by atoms with Crippen molar-refractivity contribution in [1.29, 1.82) is 0 Å². The molecule has 0 N–H and O–H groups in total. The summed E-state index contributed by atoms with van der Waals surface area (Å²) in [5, 5.41) is 2.62. The molecule has 2 nitrogen and oxygen atoms in total. The predicted octanol–water partition coefficient (Wildman–Crippen LogP) is 9.50. The van der Waals surface area contributed by atoms with Gasteiger partial charge in [0, 0.05) is 27.6 Å². The van der Waals surface area contributed by atoms with Gasteiger partial charge in [0.25, 0.3) is 0 Å². The normalized spacial score (nSPS) is 11.7. The van der Waals surface area contributed by atoms with E-state index in [1.165, 1.54) is 66.5 Å². The summed E-state index contributed by atoms with van der Waals surface area (Å²) in [5.74, 6) is 0. The minimum absolute atomic E-state index is 1.19. The van der Waals surface area contributed by atoms with Crippen LogP contribution in [0.5, 0.6) is 0 Å². The lowest BCUT2D eigenvalue weighted by molar-refractivity contribution is 1.16. The molecule has 0 saturated heterocycles. The Morgan fingerprint density at radius 3 is 1.18 bits per heavy atom. The van der Waals surface area contributed by atoms with E-state index in [1.807, 2.05) is 0 Å². The van der Waals surface area contributed by atoms with E-state index < -0.39 is 0 Å². The number of rotatable bonds is 4. The summed E-state index contributed by atoms with van der Waals surface area (Å²) >= 11 is 0. The van der Waals surface area contributed by atoms with Gasteiger partial charge in [0.05, 0.1) is 27.8 Å². The molecular formula is C36H24N2. The van der Waals surface area contributed by atoms with E-state index in [1.54, 1.807) is 0 Å². The predicted molar refractivity (Wildman–Crippen MR) is 160 cm³/mol. The van der Waals surface area contributed by atoms with Crippen LogP contribution in [0.25, 0.3) is 66.5 Å². The second-order valence-electron chi connectivity index (χ2n) is 9.78. The molecule has 0 aliphatic heterocycles. The van der Waals surface area contributed by atoms with Gasteiger partial charge in [-0.1, -0.05) is 109 Å². The number of aromatic nitrogens is 2. The van der Waals surface area contributed by atoms with Crippen LogP contribution in [0.3, 0.4) is 0 Å². The number of para-hydroxylation sites is 2. The van der Waals surface area contributed by atoms with Gasteiger partial charge in [-0.15, -0.1) is 0 Å². The highest BCUT2D eigenvalue weighted by Gasteiger charge is 2.24. The fraction of sp³-hybridized carbons (Fsp3) is 0. The number of hydrogen-bond acceptors (Lipinski definition) is 0. The summed E-state index contributed by atoms with van der Waals surface area (Å²) in [7, 11) is 0. The van der Waals surface area contributed by atoms with Gasteiger partial charge in [-0.2, -0.15) is 0 Å². The third-order valence-electron chi connectivity index (χ3n) is 7.70. The number of nitrogens with zero attached hydrogens (tertiary/aromatic N) is 2. The second-order valence-corrected chi connectivity index (χ2v) is 9.78. The van der Waals surface area contributed by atoms with Gasteiger partial charge in [-0.25, -0.2) is 0 Å². The van der Waals surface area contributed by atoms with E-state index in [9.17, 15) is 0 Å². The molecule has 2 aromatic heterocycles. The van der Waals surface area contributed by atoms with Gasteiger partial charge >= 0.3 is 0 Å². The first-order valence-electron chi connectivity index (χ1n) is 13.1. The summed E-state index contributed by atoms with van der Waals surface area (Å²) in [5.41, 5.74) is 12.2. The smallest absolute Gasteiger partial charge is 0.0618 e. The van der Waals surface area contributed by atoms with Crippen LogP contribution in [0.2, 0.25) is 0 Å². The Balaban J connectivity index is 1.54. The van der Waals surface area contributed by atoms with E-state index in [2.05, 4.69) is 155 Å². The van der Waals surface area contributed by atoms with E-state index in [4.69, 9.17) is 0 Å². The van der Waals surface area contributed by atoms with E-state index in [0.717, 1.165) is 0 Å². The molecule has 0 radical (unpaired) electrons. The van der Waals surface area contributed by atoms with Crippen LogP contribution in [-0.2, 0) is 0 Å². The topological polar surface area (TPSA) is 9.86 Å². The van der Waals surface area contributed by atoms with Crippen LogP contribution in [0, 0.1) is 0 Å². The Morgan fingerprint density at radius 1 is 0.316 bits per heavy atom. The molecule has 0 atom stereocenters. The molecule has 8 rings (SSSR count). The SMILES string of the molecule is c1ccc(-c2cccc(-c3ccccc3)c2-n2c3cccc4c3c3c(cccc32)n4-c2ccccc2)cc1. The van der Waals surface area contributed by atoms with Crippen LogP contribution < -0.4 is 0 Å². The monoisotopic (exact) mass is 484 g/mol. The molecule has 8 aromatic rings. The Bertz CT molecular complexity index is 1920. The van der Waals surface area contributed by atoms with E-state index in [-0.39, 0.29) is 0 Å². The van der Waals surface area contributed by atoms with Crippen molar-refractivity contribution in [3.8, 4) is 33.6 Å². The zero-order valence-corrected chi connectivity index (χ0v) is 20.8. The largest absolute Gasteiger partial charge is 0.309 e. The fourth-order valence-corrected chi connectivity index (χ4v) is 6.16. The maximum Gasteiger partial charge on any atom is 0.0618 e. The van der Waals surface area contributed by atoms with E-state index in [0.29, 0.717) is 0 Å². The summed E-state index contributed by atoms with van der Waals surface area (Å²) in [6.45, 7) is 0. The standard InChI is InChI=1S/C36H24N2/c1-4-13-25(14-5-1)28-19-10-20-29(26-15-6-2-7-16-26)36(28)38-32-23-11-21-30-34(32)35-31(22-12-24-33(35)38)37(30)27-17-8-3-9-18-27/h1-24H. The minimum Gasteiger partial charge on any atom is -0.309 e. The van der Waals surface area contributed by atoms with Crippen molar-refractivity contribution in [3.63, 3.8) is 0 Å². The highest BCUT2D eigenvalue weighted by atomic mass is 15.0. The molecule has 0 bridgehead atoms. The van der Waals surface area contributed by atoms with Crippen molar-refractivity contribution < 1.29 is 0 Å². The lowest BCUT2D eigenvalue weighted by Crippen LogP contribution is -2.02. The fourth-order valence-electron chi connectivity index (χ4n) is 6.16. The molecule has 38 heavy (non-hydrogen) atoms. The van der Waals surface area contributed by atoms with Crippen LogP contribution in [-0.4, -0.2) is 9.13 Å². The molecule has 0 unspecified atom stereocenters.